The third-order valence-electron chi connectivity index (χ3n) is 6.27. The van der Waals surface area contributed by atoms with Gasteiger partial charge < -0.3 is 10.2 Å². The van der Waals surface area contributed by atoms with Crippen molar-refractivity contribution in [3.05, 3.63) is 49.8 Å². The fraction of sp³-hybridized carbons (Fsp3) is 0.450. The fourth-order valence-electron chi connectivity index (χ4n) is 4.79. The number of nitrogens with one attached hydrogen (secondary N) is 2. The van der Waals surface area contributed by atoms with E-state index in [-0.39, 0.29) is 11.5 Å². The Labute approximate surface area is 165 Å². The Hall–Kier alpha value is -2.15. The molecule has 140 valence electrons. The van der Waals surface area contributed by atoms with E-state index in [1.54, 1.807) is 0 Å². The Bertz CT molecular complexity index is 992. The van der Waals surface area contributed by atoms with Crippen molar-refractivity contribution in [3.8, 4) is 0 Å². The van der Waals surface area contributed by atoms with E-state index >= 15 is 0 Å². The van der Waals surface area contributed by atoms with E-state index in [0.29, 0.717) is 31.9 Å². The summed E-state index contributed by atoms with van der Waals surface area (Å²) in [5.74, 6) is 0.734. The number of piperidine rings is 1. The van der Waals surface area contributed by atoms with Crippen molar-refractivity contribution in [3.63, 3.8) is 0 Å². The molecule has 1 aliphatic carbocycles. The number of fused-ring (bicyclic) bond motifs is 3. The van der Waals surface area contributed by atoms with Gasteiger partial charge in [0.15, 0.2) is 0 Å². The maximum absolute atomic E-state index is 12.8. The first kappa shape index (κ1) is 17.0. The Morgan fingerprint density at radius 1 is 1.11 bits per heavy atom. The van der Waals surface area contributed by atoms with Crippen LogP contribution in [-0.4, -0.2) is 29.0 Å². The van der Waals surface area contributed by atoms with E-state index in [4.69, 9.17) is 4.98 Å². The number of carbonyl (C=O) groups excluding carboxylic acids is 1. The SMILES string of the molecule is O=C1Nc2cccc(Br)c2C12CCN(c1nc3c(c(=O)[nH]1)CCCC3)CC2. The summed E-state index contributed by atoms with van der Waals surface area (Å²) < 4.78 is 0.979. The van der Waals surface area contributed by atoms with Crippen molar-refractivity contribution in [1.29, 1.82) is 0 Å². The second kappa shape index (κ2) is 6.19. The van der Waals surface area contributed by atoms with Crippen molar-refractivity contribution < 1.29 is 4.79 Å². The quantitative estimate of drug-likeness (QED) is 0.731. The van der Waals surface area contributed by atoms with Gasteiger partial charge in [-0.25, -0.2) is 4.98 Å². The summed E-state index contributed by atoms with van der Waals surface area (Å²) in [7, 11) is 0. The van der Waals surface area contributed by atoms with Crippen LogP contribution >= 0.6 is 15.9 Å². The largest absolute Gasteiger partial charge is 0.342 e. The minimum absolute atomic E-state index is 0.00156. The number of amides is 1. The zero-order valence-electron chi connectivity index (χ0n) is 15.0. The lowest BCUT2D eigenvalue weighted by Gasteiger charge is -2.38. The maximum Gasteiger partial charge on any atom is 0.255 e. The molecule has 0 saturated carbocycles. The predicted octanol–water partition coefficient (Wildman–Crippen LogP) is 2.90. The van der Waals surface area contributed by atoms with Crippen molar-refractivity contribution in [2.45, 2.75) is 43.9 Å². The van der Waals surface area contributed by atoms with Crippen LogP contribution in [0.1, 0.15) is 42.5 Å². The molecule has 0 atom stereocenters. The van der Waals surface area contributed by atoms with Crippen molar-refractivity contribution in [2.24, 2.45) is 0 Å². The number of anilines is 2. The first-order valence-corrected chi connectivity index (χ1v) is 10.4. The van der Waals surface area contributed by atoms with Gasteiger partial charge in [0.2, 0.25) is 11.9 Å². The van der Waals surface area contributed by atoms with E-state index in [0.717, 1.165) is 52.7 Å². The summed E-state index contributed by atoms with van der Waals surface area (Å²) in [5.41, 5.74) is 3.28. The molecule has 0 bridgehead atoms. The molecule has 1 saturated heterocycles. The number of aromatic nitrogens is 2. The molecule has 3 heterocycles. The van der Waals surface area contributed by atoms with Crippen LogP contribution in [0.5, 0.6) is 0 Å². The molecule has 2 N–H and O–H groups in total. The summed E-state index contributed by atoms with van der Waals surface area (Å²) in [6.45, 7) is 1.38. The van der Waals surface area contributed by atoms with Gasteiger partial charge in [0.25, 0.3) is 5.56 Å². The van der Waals surface area contributed by atoms with Crippen LogP contribution in [-0.2, 0) is 23.1 Å². The van der Waals surface area contributed by atoms with Crippen LogP contribution < -0.4 is 15.8 Å². The predicted molar refractivity (Wildman–Crippen MR) is 107 cm³/mol. The van der Waals surface area contributed by atoms with Crippen LogP contribution in [0.25, 0.3) is 0 Å². The van der Waals surface area contributed by atoms with Gasteiger partial charge in [0, 0.05) is 34.4 Å². The molecule has 1 amide bonds. The van der Waals surface area contributed by atoms with E-state index in [2.05, 4.69) is 31.1 Å². The number of halogens is 1. The number of aromatic amines is 1. The maximum atomic E-state index is 12.8. The molecule has 7 heteroatoms. The van der Waals surface area contributed by atoms with Gasteiger partial charge in [-0.2, -0.15) is 0 Å². The molecule has 27 heavy (non-hydrogen) atoms. The van der Waals surface area contributed by atoms with Gasteiger partial charge in [-0.3, -0.25) is 14.6 Å². The molecule has 1 fully saturated rings. The van der Waals surface area contributed by atoms with Crippen LogP contribution in [0, 0.1) is 0 Å². The highest BCUT2D eigenvalue weighted by Gasteiger charge is 2.49. The standard InChI is InChI=1S/C20H21BrN4O2/c21-13-5-3-7-15-16(13)20(18(27)22-15)8-10-25(11-9-20)19-23-14-6-2-1-4-12(14)17(26)24-19/h3,5,7H,1-2,4,6,8-11H2,(H,22,27)(H,23,24,26). The zero-order chi connectivity index (χ0) is 18.6. The average Bonchev–Trinajstić information content (AvgIpc) is 2.95. The van der Waals surface area contributed by atoms with Gasteiger partial charge in [-0.1, -0.05) is 22.0 Å². The highest BCUT2D eigenvalue weighted by Crippen LogP contribution is 2.48. The fourth-order valence-corrected chi connectivity index (χ4v) is 5.53. The summed E-state index contributed by atoms with van der Waals surface area (Å²) in [6, 6.07) is 5.90. The van der Waals surface area contributed by atoms with Crippen LogP contribution in [0.2, 0.25) is 0 Å². The number of nitrogens with zero attached hydrogens (tertiary/aromatic N) is 2. The second-order valence-electron chi connectivity index (χ2n) is 7.71. The lowest BCUT2D eigenvalue weighted by Crippen LogP contribution is -2.47. The van der Waals surface area contributed by atoms with Crippen molar-refractivity contribution in [1.82, 2.24) is 9.97 Å². The molecule has 2 aliphatic heterocycles. The molecule has 5 rings (SSSR count). The molecule has 6 nitrogen and oxygen atoms in total. The topological polar surface area (TPSA) is 78.1 Å². The van der Waals surface area contributed by atoms with Crippen LogP contribution in [0.4, 0.5) is 11.6 Å². The number of benzene rings is 1. The number of aryl methyl sites for hydroxylation is 1. The molecule has 0 unspecified atom stereocenters. The summed E-state index contributed by atoms with van der Waals surface area (Å²) in [5, 5.41) is 3.04. The number of hydrogen-bond acceptors (Lipinski definition) is 4. The van der Waals surface area contributed by atoms with Gasteiger partial charge >= 0.3 is 0 Å². The molecule has 3 aliphatic rings. The third-order valence-corrected chi connectivity index (χ3v) is 6.93. The highest BCUT2D eigenvalue weighted by atomic mass is 79.9. The molecule has 0 radical (unpaired) electrons. The van der Waals surface area contributed by atoms with Crippen molar-refractivity contribution >= 4 is 33.5 Å². The summed E-state index contributed by atoms with van der Waals surface area (Å²) in [6.07, 6.45) is 5.27. The monoisotopic (exact) mass is 428 g/mol. The number of hydrogen-bond donors (Lipinski definition) is 2. The van der Waals surface area contributed by atoms with Gasteiger partial charge in [-0.05, 0) is 50.7 Å². The minimum Gasteiger partial charge on any atom is -0.342 e. The molecule has 1 aromatic carbocycles. The molecule has 2 aromatic rings. The number of H-pyrrole nitrogens is 1. The van der Waals surface area contributed by atoms with Gasteiger partial charge in [0.1, 0.15) is 0 Å². The number of rotatable bonds is 1. The van der Waals surface area contributed by atoms with E-state index in [9.17, 15) is 9.59 Å². The van der Waals surface area contributed by atoms with Crippen molar-refractivity contribution in [2.75, 3.05) is 23.3 Å². The minimum atomic E-state index is -0.500. The Kier molecular flexibility index (Phi) is 3.89. The van der Waals surface area contributed by atoms with Crippen LogP contribution in [0.3, 0.4) is 0 Å². The first-order chi connectivity index (χ1) is 13.1. The molecule has 1 spiro atoms. The Morgan fingerprint density at radius 2 is 1.89 bits per heavy atom. The first-order valence-electron chi connectivity index (χ1n) is 9.56. The third kappa shape index (κ3) is 2.55. The van der Waals surface area contributed by atoms with Gasteiger partial charge in [-0.15, -0.1) is 0 Å². The smallest absolute Gasteiger partial charge is 0.255 e. The lowest BCUT2D eigenvalue weighted by atomic mass is 9.74. The zero-order valence-corrected chi connectivity index (χ0v) is 16.6. The average molecular weight is 429 g/mol. The Balaban J connectivity index is 1.44. The van der Waals surface area contributed by atoms with E-state index in [1.807, 2.05) is 18.2 Å². The summed E-state index contributed by atoms with van der Waals surface area (Å²) >= 11 is 3.63. The number of carbonyl (C=O) groups is 1. The molecule has 1 aromatic heterocycles. The molecular weight excluding hydrogens is 408 g/mol. The molecular formula is C20H21BrN4O2. The van der Waals surface area contributed by atoms with Gasteiger partial charge in [0.05, 0.1) is 11.1 Å². The Morgan fingerprint density at radius 3 is 2.70 bits per heavy atom. The van der Waals surface area contributed by atoms with Crippen LogP contribution in [0.15, 0.2) is 27.5 Å². The summed E-state index contributed by atoms with van der Waals surface area (Å²) in [4.78, 5) is 35.1. The lowest BCUT2D eigenvalue weighted by molar-refractivity contribution is -0.121. The van der Waals surface area contributed by atoms with E-state index < -0.39 is 5.41 Å². The highest BCUT2D eigenvalue weighted by molar-refractivity contribution is 9.10. The van der Waals surface area contributed by atoms with E-state index in [1.165, 1.54) is 0 Å². The second-order valence-corrected chi connectivity index (χ2v) is 8.56. The normalized spacial score (nSPS) is 20.3.